The van der Waals surface area contributed by atoms with Crippen LogP contribution in [0.1, 0.15) is 11.3 Å². The van der Waals surface area contributed by atoms with E-state index in [0.717, 1.165) is 27.8 Å². The lowest BCUT2D eigenvalue weighted by atomic mass is 10.1. The van der Waals surface area contributed by atoms with Crippen molar-refractivity contribution in [1.29, 1.82) is 0 Å². The number of allylic oxidation sites excluding steroid dienone is 2. The van der Waals surface area contributed by atoms with Gasteiger partial charge in [-0.3, -0.25) is 0 Å². The number of benzene rings is 2. The molecule has 0 unspecified atom stereocenters. The van der Waals surface area contributed by atoms with E-state index in [2.05, 4.69) is 42.3 Å². The van der Waals surface area contributed by atoms with Gasteiger partial charge in [-0.15, -0.1) is 0 Å². The van der Waals surface area contributed by atoms with E-state index in [4.69, 9.17) is 5.73 Å². The number of hydrogen-bond acceptors (Lipinski definition) is 1. The summed E-state index contributed by atoms with van der Waals surface area (Å²) >= 11 is 0. The summed E-state index contributed by atoms with van der Waals surface area (Å²) in [6.45, 7) is 5.87. The van der Waals surface area contributed by atoms with Gasteiger partial charge in [-0.1, -0.05) is 49.1 Å². The van der Waals surface area contributed by atoms with Crippen LogP contribution in [0.3, 0.4) is 0 Å². The number of hydrogen-bond donors (Lipinski definition) is 1. The zero-order chi connectivity index (χ0) is 14.8. The molecule has 0 saturated carbocycles. The molecule has 0 fully saturated rings. The molecule has 0 atom stereocenters. The maximum absolute atomic E-state index is 6.22. The maximum Gasteiger partial charge on any atom is 0.0558 e. The number of nitrogens with two attached hydrogens (primary N) is 1. The minimum Gasteiger partial charge on any atom is -0.398 e. The van der Waals surface area contributed by atoms with Crippen molar-refractivity contribution in [3.05, 3.63) is 78.5 Å². The van der Waals surface area contributed by atoms with Crippen LogP contribution in [0, 0.1) is 6.92 Å². The monoisotopic (exact) mass is 274 g/mol. The number of anilines is 1. The lowest BCUT2D eigenvalue weighted by Gasteiger charge is -2.08. The summed E-state index contributed by atoms with van der Waals surface area (Å²) in [4.78, 5) is 0. The number of rotatable bonds is 3. The van der Waals surface area contributed by atoms with Crippen LogP contribution in [0.2, 0.25) is 0 Å². The van der Waals surface area contributed by atoms with Gasteiger partial charge in [0, 0.05) is 28.0 Å². The van der Waals surface area contributed by atoms with Gasteiger partial charge in [-0.25, -0.2) is 0 Å². The number of nitrogens with zero attached hydrogens (tertiary/aromatic N) is 1. The summed E-state index contributed by atoms with van der Waals surface area (Å²) < 4.78 is 2.24. The molecule has 0 saturated heterocycles. The Balaban J connectivity index is 2.41. The van der Waals surface area contributed by atoms with E-state index >= 15 is 0 Å². The second-order valence-electron chi connectivity index (χ2n) is 5.01. The Morgan fingerprint density at radius 2 is 1.81 bits per heavy atom. The first-order valence-electron chi connectivity index (χ1n) is 6.98. The first-order valence-corrected chi connectivity index (χ1v) is 6.98. The van der Waals surface area contributed by atoms with Gasteiger partial charge >= 0.3 is 0 Å². The molecule has 0 radical (unpaired) electrons. The Morgan fingerprint density at radius 3 is 2.52 bits per heavy atom. The van der Waals surface area contributed by atoms with Crippen molar-refractivity contribution >= 4 is 22.7 Å². The Morgan fingerprint density at radius 1 is 1.05 bits per heavy atom. The highest BCUT2D eigenvalue weighted by Gasteiger charge is 2.15. The highest BCUT2D eigenvalue weighted by molar-refractivity contribution is 6.00. The first kappa shape index (κ1) is 13.3. The first-order chi connectivity index (χ1) is 10.2. The van der Waals surface area contributed by atoms with Crippen molar-refractivity contribution in [2.24, 2.45) is 0 Å². The van der Waals surface area contributed by atoms with E-state index in [9.17, 15) is 0 Å². The van der Waals surface area contributed by atoms with Crippen LogP contribution in [0.4, 0.5) is 5.69 Å². The average molecular weight is 274 g/mol. The minimum atomic E-state index is 0.800. The standard InChI is InChI=1S/C19H18N2/c1-3-4-11-16-14(2)21(15-9-6-5-7-10-15)18-13-8-12-17(20)19(16)18/h3-13H,1,20H2,2H3/b11-4-. The molecule has 1 heterocycles. The Labute approximate surface area is 124 Å². The van der Waals surface area contributed by atoms with Gasteiger partial charge in [-0.2, -0.15) is 0 Å². The average Bonchev–Trinajstić information content (AvgIpc) is 2.79. The molecular weight excluding hydrogens is 256 g/mol. The molecule has 0 spiro atoms. The fourth-order valence-electron chi connectivity index (χ4n) is 2.80. The number of para-hydroxylation sites is 1. The number of nitrogen functional groups attached to an aromatic ring is 1. The molecule has 1 aromatic heterocycles. The topological polar surface area (TPSA) is 30.9 Å². The van der Waals surface area contributed by atoms with Gasteiger partial charge in [0.05, 0.1) is 5.52 Å². The van der Waals surface area contributed by atoms with Crippen LogP contribution < -0.4 is 5.73 Å². The van der Waals surface area contributed by atoms with Crippen LogP contribution in [0.15, 0.2) is 67.3 Å². The zero-order valence-electron chi connectivity index (χ0n) is 12.1. The van der Waals surface area contributed by atoms with Gasteiger partial charge in [-0.05, 0) is 31.2 Å². The van der Waals surface area contributed by atoms with E-state index in [-0.39, 0.29) is 0 Å². The van der Waals surface area contributed by atoms with Crippen LogP contribution in [-0.2, 0) is 0 Å². The number of fused-ring (bicyclic) bond motifs is 1. The Hall–Kier alpha value is -2.74. The molecule has 2 aromatic carbocycles. The molecule has 3 aromatic rings. The summed E-state index contributed by atoms with van der Waals surface area (Å²) in [7, 11) is 0. The second-order valence-corrected chi connectivity index (χ2v) is 5.01. The summed E-state index contributed by atoms with van der Waals surface area (Å²) in [5.74, 6) is 0. The lowest BCUT2D eigenvalue weighted by Crippen LogP contribution is -1.96. The lowest BCUT2D eigenvalue weighted by molar-refractivity contribution is 1.05. The van der Waals surface area contributed by atoms with E-state index < -0.39 is 0 Å². The Kier molecular flexibility index (Phi) is 3.36. The van der Waals surface area contributed by atoms with E-state index in [1.807, 2.05) is 36.4 Å². The minimum absolute atomic E-state index is 0.800. The van der Waals surface area contributed by atoms with Gasteiger partial charge in [0.2, 0.25) is 0 Å². The quantitative estimate of drug-likeness (QED) is 0.543. The molecule has 104 valence electrons. The van der Waals surface area contributed by atoms with Crippen LogP contribution in [0.5, 0.6) is 0 Å². The van der Waals surface area contributed by atoms with E-state index in [0.29, 0.717) is 0 Å². The summed E-state index contributed by atoms with van der Waals surface area (Å²) in [6, 6.07) is 16.4. The summed E-state index contributed by atoms with van der Waals surface area (Å²) in [5.41, 5.74) is 11.6. The van der Waals surface area contributed by atoms with Crippen molar-refractivity contribution < 1.29 is 0 Å². The van der Waals surface area contributed by atoms with Gasteiger partial charge in [0.1, 0.15) is 0 Å². The van der Waals surface area contributed by atoms with Crippen LogP contribution in [0.25, 0.3) is 22.7 Å². The van der Waals surface area contributed by atoms with E-state index in [1.165, 1.54) is 5.69 Å². The molecule has 0 aliphatic carbocycles. The third-order valence-electron chi connectivity index (χ3n) is 3.72. The molecule has 3 rings (SSSR count). The largest absolute Gasteiger partial charge is 0.398 e. The zero-order valence-corrected chi connectivity index (χ0v) is 12.1. The predicted octanol–water partition coefficient (Wildman–Crippen LogP) is 4.72. The molecular formula is C19H18N2. The molecule has 2 N–H and O–H groups in total. The van der Waals surface area contributed by atoms with Crippen LogP contribution in [-0.4, -0.2) is 4.57 Å². The molecule has 21 heavy (non-hydrogen) atoms. The van der Waals surface area contributed by atoms with Crippen molar-refractivity contribution in [2.45, 2.75) is 6.92 Å². The number of aromatic nitrogens is 1. The summed E-state index contributed by atoms with van der Waals surface area (Å²) in [6.07, 6.45) is 5.80. The van der Waals surface area contributed by atoms with Crippen molar-refractivity contribution in [3.8, 4) is 5.69 Å². The third kappa shape index (κ3) is 2.15. The molecule has 0 aliphatic rings. The fraction of sp³-hybridized carbons (Fsp3) is 0.0526. The summed E-state index contributed by atoms with van der Waals surface area (Å²) in [5, 5.41) is 1.09. The molecule has 2 nitrogen and oxygen atoms in total. The van der Waals surface area contributed by atoms with Crippen molar-refractivity contribution in [1.82, 2.24) is 4.57 Å². The Bertz CT molecular complexity index is 824. The molecule has 2 heteroatoms. The van der Waals surface area contributed by atoms with Gasteiger partial charge < -0.3 is 10.3 Å². The molecule has 0 aliphatic heterocycles. The molecule has 0 bridgehead atoms. The van der Waals surface area contributed by atoms with Crippen molar-refractivity contribution in [2.75, 3.05) is 5.73 Å². The van der Waals surface area contributed by atoms with Crippen LogP contribution >= 0.6 is 0 Å². The maximum atomic E-state index is 6.22. The highest BCUT2D eigenvalue weighted by Crippen LogP contribution is 2.33. The SMILES string of the molecule is C=C/C=C\c1c(C)n(-c2ccccc2)c2cccc(N)c12. The van der Waals surface area contributed by atoms with E-state index in [1.54, 1.807) is 6.08 Å². The van der Waals surface area contributed by atoms with Gasteiger partial charge in [0.15, 0.2) is 0 Å². The molecule has 0 amide bonds. The third-order valence-corrected chi connectivity index (χ3v) is 3.72. The second kappa shape index (κ2) is 5.33. The van der Waals surface area contributed by atoms with Crippen molar-refractivity contribution in [3.63, 3.8) is 0 Å². The van der Waals surface area contributed by atoms with Gasteiger partial charge in [0.25, 0.3) is 0 Å². The smallest absolute Gasteiger partial charge is 0.0558 e. The fourth-order valence-corrected chi connectivity index (χ4v) is 2.80. The highest BCUT2D eigenvalue weighted by atomic mass is 15.0. The normalized spacial score (nSPS) is 11.3. The predicted molar refractivity (Wildman–Crippen MR) is 91.7 cm³/mol.